The number of benzene rings is 1. The molecule has 2 aromatic rings. The first-order valence-corrected chi connectivity index (χ1v) is 19.4. The third kappa shape index (κ3) is 8.90. The van der Waals surface area contributed by atoms with E-state index in [-0.39, 0.29) is 37.5 Å². The van der Waals surface area contributed by atoms with Crippen LogP contribution < -0.4 is 14.5 Å². The van der Waals surface area contributed by atoms with Crippen molar-refractivity contribution in [1.82, 2.24) is 4.98 Å². The van der Waals surface area contributed by atoms with Crippen LogP contribution >= 0.6 is 15.9 Å². The van der Waals surface area contributed by atoms with Crippen LogP contribution in [-0.2, 0) is 14.3 Å². The van der Waals surface area contributed by atoms with Crippen LogP contribution in [-0.4, -0.2) is 68.6 Å². The van der Waals surface area contributed by atoms with Crippen molar-refractivity contribution >= 4 is 47.2 Å². The minimum absolute atomic E-state index is 0.0848. The van der Waals surface area contributed by atoms with Crippen LogP contribution in [0.5, 0.6) is 5.75 Å². The van der Waals surface area contributed by atoms with Gasteiger partial charge in [0.25, 0.3) is 0 Å². The Bertz CT molecular complexity index is 1220. The molecule has 4 rings (SSSR count). The van der Waals surface area contributed by atoms with Crippen molar-refractivity contribution in [3.05, 3.63) is 51.1 Å². The van der Waals surface area contributed by atoms with Gasteiger partial charge in [0.2, 0.25) is 5.82 Å². The van der Waals surface area contributed by atoms with E-state index in [4.69, 9.17) is 14.2 Å². The molecule has 42 heavy (non-hydrogen) atoms. The number of anilines is 2. The van der Waals surface area contributed by atoms with Gasteiger partial charge in [-0.05, 0) is 85.6 Å². The molecule has 1 heterocycles. The molecule has 0 radical (unpaired) electrons. The Labute approximate surface area is 258 Å². The molecule has 1 aromatic heterocycles. The fourth-order valence-corrected chi connectivity index (χ4v) is 6.58. The molecule has 1 aromatic carbocycles. The summed E-state index contributed by atoms with van der Waals surface area (Å²) in [5, 5.41) is 11.9. The van der Waals surface area contributed by atoms with E-state index in [1.165, 1.54) is 6.07 Å². The number of nitro groups is 1. The standard InChI is InChI=1S/C30H43BrN4O6Si/c1-5-40-29(36)20-33(30-26(35(37)38)16-17-28(31)32-30)22-10-12-23(13-11-22)34(24-14-15-24)25-8-6-7-9-27(25)41-21-39-18-19-42(2,3)4/h6-9,16-17,22-24H,5,10-15,18-21H2,1-4H3. The zero-order valence-electron chi connectivity index (χ0n) is 25.1. The number of carbonyl (C=O) groups is 1. The first kappa shape index (κ1) is 32.2. The number of hydrogen-bond acceptors (Lipinski definition) is 9. The van der Waals surface area contributed by atoms with Gasteiger partial charge in [0, 0.05) is 38.9 Å². The summed E-state index contributed by atoms with van der Waals surface area (Å²) in [6.45, 7) is 9.85. The number of hydrogen-bond donors (Lipinski definition) is 0. The van der Waals surface area contributed by atoms with Crippen molar-refractivity contribution in [3.8, 4) is 5.75 Å². The van der Waals surface area contributed by atoms with E-state index in [1.54, 1.807) is 17.9 Å². The van der Waals surface area contributed by atoms with E-state index in [0.29, 0.717) is 23.3 Å². The molecule has 0 amide bonds. The lowest BCUT2D eigenvalue weighted by Crippen LogP contribution is -2.47. The van der Waals surface area contributed by atoms with E-state index in [0.717, 1.165) is 56.0 Å². The Morgan fingerprint density at radius 1 is 1.05 bits per heavy atom. The molecule has 0 spiro atoms. The fourth-order valence-electron chi connectivity index (χ4n) is 5.52. The quantitative estimate of drug-likeness (QED) is 0.0387. The van der Waals surface area contributed by atoms with Gasteiger partial charge in [0.1, 0.15) is 16.9 Å². The molecule has 0 bridgehead atoms. The lowest BCUT2D eigenvalue weighted by molar-refractivity contribution is -0.384. The van der Waals surface area contributed by atoms with E-state index in [9.17, 15) is 14.9 Å². The average Bonchev–Trinajstić information content (AvgIpc) is 3.77. The number of ether oxygens (including phenoxy) is 3. The summed E-state index contributed by atoms with van der Waals surface area (Å²) in [4.78, 5) is 32.8. The van der Waals surface area contributed by atoms with Crippen molar-refractivity contribution in [3.63, 3.8) is 0 Å². The molecule has 2 saturated carbocycles. The van der Waals surface area contributed by atoms with Crippen LogP contribution in [0, 0.1) is 10.1 Å². The number of carbonyl (C=O) groups excluding carboxylic acids is 1. The summed E-state index contributed by atoms with van der Waals surface area (Å²) in [5.74, 6) is 0.601. The van der Waals surface area contributed by atoms with Crippen LogP contribution in [0.25, 0.3) is 0 Å². The van der Waals surface area contributed by atoms with Crippen LogP contribution in [0.15, 0.2) is 41.0 Å². The minimum atomic E-state index is -1.16. The number of para-hydroxylation sites is 2. The van der Waals surface area contributed by atoms with Gasteiger partial charge in [-0.1, -0.05) is 31.8 Å². The van der Waals surface area contributed by atoms with Crippen LogP contribution in [0.2, 0.25) is 25.7 Å². The molecule has 0 N–H and O–H groups in total. The number of halogens is 1. The number of rotatable bonds is 15. The van der Waals surface area contributed by atoms with Gasteiger partial charge >= 0.3 is 11.7 Å². The van der Waals surface area contributed by atoms with E-state index in [1.807, 2.05) is 12.1 Å². The third-order valence-electron chi connectivity index (χ3n) is 7.77. The van der Waals surface area contributed by atoms with Crippen LogP contribution in [0.3, 0.4) is 0 Å². The monoisotopic (exact) mass is 662 g/mol. The number of pyridine rings is 1. The smallest absolute Gasteiger partial charge is 0.325 e. The number of esters is 1. The fraction of sp³-hybridized carbons (Fsp3) is 0.600. The first-order chi connectivity index (χ1) is 20.1. The lowest BCUT2D eigenvalue weighted by Gasteiger charge is -2.42. The minimum Gasteiger partial charge on any atom is -0.465 e. The average molecular weight is 664 g/mol. The maximum Gasteiger partial charge on any atom is 0.325 e. The van der Waals surface area contributed by atoms with Gasteiger partial charge in [-0.15, -0.1) is 0 Å². The Kier molecular flexibility index (Phi) is 11.2. The zero-order chi connectivity index (χ0) is 30.3. The highest BCUT2D eigenvalue weighted by molar-refractivity contribution is 9.10. The second-order valence-electron chi connectivity index (χ2n) is 12.2. The van der Waals surface area contributed by atoms with Crippen molar-refractivity contribution < 1.29 is 23.9 Å². The second-order valence-corrected chi connectivity index (χ2v) is 18.7. The maximum absolute atomic E-state index is 12.6. The Morgan fingerprint density at radius 2 is 1.69 bits per heavy atom. The molecule has 0 atom stereocenters. The molecule has 2 aliphatic carbocycles. The molecule has 0 unspecified atom stereocenters. The van der Waals surface area contributed by atoms with Crippen molar-refractivity contribution in [2.75, 3.05) is 36.4 Å². The highest BCUT2D eigenvalue weighted by Crippen LogP contribution is 2.43. The molecule has 2 aliphatic rings. The molecular formula is C30H43BrN4O6Si. The van der Waals surface area contributed by atoms with Crippen molar-refractivity contribution in [2.24, 2.45) is 0 Å². The predicted octanol–water partition coefficient (Wildman–Crippen LogP) is 6.79. The Balaban J connectivity index is 1.48. The summed E-state index contributed by atoms with van der Waals surface area (Å²) in [6, 6.07) is 12.9. The normalized spacial score (nSPS) is 18.8. The summed E-state index contributed by atoms with van der Waals surface area (Å²) >= 11 is 3.35. The Morgan fingerprint density at radius 3 is 2.31 bits per heavy atom. The highest BCUT2D eigenvalue weighted by Gasteiger charge is 2.39. The van der Waals surface area contributed by atoms with Gasteiger partial charge in [0.05, 0.1) is 17.2 Å². The number of nitrogens with zero attached hydrogens (tertiary/aromatic N) is 4. The maximum atomic E-state index is 12.6. The molecule has 0 saturated heterocycles. The van der Waals surface area contributed by atoms with E-state index in [2.05, 4.69) is 57.6 Å². The van der Waals surface area contributed by atoms with E-state index < -0.39 is 19.0 Å². The molecule has 2 fully saturated rings. The summed E-state index contributed by atoms with van der Waals surface area (Å²) in [5.41, 5.74) is 0.965. The summed E-state index contributed by atoms with van der Waals surface area (Å²) in [7, 11) is -1.16. The van der Waals surface area contributed by atoms with Gasteiger partial charge < -0.3 is 24.0 Å². The largest absolute Gasteiger partial charge is 0.465 e. The highest BCUT2D eigenvalue weighted by atomic mass is 79.9. The lowest BCUT2D eigenvalue weighted by atomic mass is 9.88. The van der Waals surface area contributed by atoms with E-state index >= 15 is 0 Å². The molecule has 12 heteroatoms. The predicted molar refractivity (Wildman–Crippen MR) is 170 cm³/mol. The number of aromatic nitrogens is 1. The zero-order valence-corrected chi connectivity index (χ0v) is 27.7. The molecule has 10 nitrogen and oxygen atoms in total. The van der Waals surface area contributed by atoms with Gasteiger partial charge in [-0.3, -0.25) is 14.9 Å². The molecule has 0 aliphatic heterocycles. The molecular weight excluding hydrogens is 620 g/mol. The van der Waals surface area contributed by atoms with Gasteiger partial charge in [0.15, 0.2) is 6.79 Å². The van der Waals surface area contributed by atoms with Crippen LogP contribution in [0.4, 0.5) is 17.2 Å². The topological polar surface area (TPSA) is 107 Å². The molecule has 230 valence electrons. The first-order valence-electron chi connectivity index (χ1n) is 14.9. The summed E-state index contributed by atoms with van der Waals surface area (Å²) in [6.07, 6.45) is 5.57. The SMILES string of the molecule is CCOC(=O)CN(c1nc(Br)ccc1[N+](=O)[O-])C1CCC(N(c2ccccc2OCOCC[Si](C)(C)C)C2CC2)CC1. The Hall–Kier alpha value is -2.70. The van der Waals surface area contributed by atoms with Crippen molar-refractivity contribution in [2.45, 2.75) is 89.3 Å². The van der Waals surface area contributed by atoms with Gasteiger partial charge in [-0.25, -0.2) is 4.98 Å². The van der Waals surface area contributed by atoms with Crippen molar-refractivity contribution in [1.29, 1.82) is 0 Å². The third-order valence-corrected chi connectivity index (χ3v) is 9.92. The van der Waals surface area contributed by atoms with Crippen LogP contribution in [0.1, 0.15) is 45.4 Å². The van der Waals surface area contributed by atoms with Gasteiger partial charge in [-0.2, -0.15) is 0 Å². The second kappa shape index (κ2) is 14.7. The summed E-state index contributed by atoms with van der Waals surface area (Å²) < 4.78 is 17.7.